The van der Waals surface area contributed by atoms with Crippen LogP contribution < -0.4 is 16.0 Å². The second-order valence-electron chi connectivity index (χ2n) is 8.53. The quantitative estimate of drug-likeness (QED) is 0.162. The van der Waals surface area contributed by atoms with Gasteiger partial charge in [-0.05, 0) is 69.1 Å². The van der Waals surface area contributed by atoms with Gasteiger partial charge in [0, 0.05) is 20.1 Å². The summed E-state index contributed by atoms with van der Waals surface area (Å²) in [6, 6.07) is 6.63. The van der Waals surface area contributed by atoms with E-state index in [9.17, 15) is 9.59 Å². The van der Waals surface area contributed by atoms with E-state index in [1.165, 1.54) is 47.3 Å². The van der Waals surface area contributed by atoms with Crippen molar-refractivity contribution in [1.82, 2.24) is 20.9 Å². The molecular formula is C23H36IN5O2. The van der Waals surface area contributed by atoms with Crippen LogP contribution >= 0.6 is 24.0 Å². The summed E-state index contributed by atoms with van der Waals surface area (Å²) in [4.78, 5) is 30.2. The minimum atomic E-state index is -0.771. The number of imide groups is 1. The fourth-order valence-electron chi connectivity index (χ4n) is 4.14. The lowest BCUT2D eigenvalue weighted by atomic mass is 9.89. The second kappa shape index (κ2) is 11.2. The smallest absolute Gasteiger partial charge is 0.325 e. The Morgan fingerprint density at radius 3 is 2.61 bits per heavy atom. The third-order valence-electron chi connectivity index (χ3n) is 6.35. The van der Waals surface area contributed by atoms with Crippen LogP contribution in [0.4, 0.5) is 4.79 Å². The zero-order valence-corrected chi connectivity index (χ0v) is 21.4. The second-order valence-corrected chi connectivity index (χ2v) is 8.53. The van der Waals surface area contributed by atoms with Crippen LogP contribution in [-0.2, 0) is 17.6 Å². The lowest BCUT2D eigenvalue weighted by Crippen LogP contribution is -2.43. The van der Waals surface area contributed by atoms with Crippen molar-refractivity contribution < 1.29 is 9.59 Å². The van der Waals surface area contributed by atoms with Gasteiger partial charge >= 0.3 is 6.03 Å². The van der Waals surface area contributed by atoms with Crippen molar-refractivity contribution in [3.05, 3.63) is 34.9 Å². The summed E-state index contributed by atoms with van der Waals surface area (Å²) in [6.07, 6.45) is 6.17. The number of benzene rings is 1. The first-order valence-electron chi connectivity index (χ1n) is 11.1. The zero-order chi connectivity index (χ0) is 21.7. The van der Waals surface area contributed by atoms with E-state index >= 15 is 0 Å². The van der Waals surface area contributed by atoms with E-state index in [2.05, 4.69) is 46.1 Å². The molecule has 8 heteroatoms. The van der Waals surface area contributed by atoms with Crippen molar-refractivity contribution in [3.63, 3.8) is 0 Å². The number of aryl methyl sites for hydroxylation is 2. The number of carbonyl (C=O) groups is 2. The van der Waals surface area contributed by atoms with Gasteiger partial charge in [0.15, 0.2) is 5.96 Å². The molecule has 0 bridgehead atoms. The number of urea groups is 1. The van der Waals surface area contributed by atoms with Crippen LogP contribution in [-0.4, -0.2) is 48.5 Å². The molecule has 0 aromatic heterocycles. The maximum Gasteiger partial charge on any atom is 0.325 e. The van der Waals surface area contributed by atoms with E-state index in [0.29, 0.717) is 25.9 Å². The SMILES string of the molecule is CCC1(C)NC(=O)N(CCCNC(=NC)NC(C)c2ccc3c(c2)CCCC3)C1=O.I. The number of halogens is 1. The van der Waals surface area contributed by atoms with Crippen LogP contribution in [0.15, 0.2) is 23.2 Å². The van der Waals surface area contributed by atoms with Gasteiger partial charge in [-0.25, -0.2) is 4.79 Å². The summed E-state index contributed by atoms with van der Waals surface area (Å²) >= 11 is 0. The van der Waals surface area contributed by atoms with Gasteiger partial charge < -0.3 is 16.0 Å². The van der Waals surface area contributed by atoms with E-state index < -0.39 is 5.54 Å². The minimum absolute atomic E-state index is 0. The lowest BCUT2D eigenvalue weighted by Gasteiger charge is -2.22. The van der Waals surface area contributed by atoms with Crippen molar-refractivity contribution in [1.29, 1.82) is 0 Å². The first-order valence-corrected chi connectivity index (χ1v) is 11.1. The number of hydrogen-bond donors (Lipinski definition) is 3. The molecule has 0 spiro atoms. The van der Waals surface area contributed by atoms with Crippen LogP contribution in [0.2, 0.25) is 0 Å². The summed E-state index contributed by atoms with van der Waals surface area (Å²) in [7, 11) is 1.75. The molecule has 0 saturated carbocycles. The standard InChI is InChI=1S/C23H35N5O2.HI/c1-5-23(3)20(29)28(22(30)27-23)14-8-13-25-21(24-4)26-16(2)18-12-11-17-9-6-7-10-19(17)15-18;/h11-12,15-16H,5-10,13-14H2,1-4H3,(H,27,30)(H2,24,25,26);1H. The van der Waals surface area contributed by atoms with Gasteiger partial charge in [-0.3, -0.25) is 14.7 Å². The Morgan fingerprint density at radius 1 is 1.26 bits per heavy atom. The van der Waals surface area contributed by atoms with E-state index in [4.69, 9.17) is 0 Å². The first kappa shape index (κ1) is 25.4. The number of nitrogens with one attached hydrogen (secondary N) is 3. The van der Waals surface area contributed by atoms with Crippen molar-refractivity contribution >= 4 is 41.9 Å². The monoisotopic (exact) mass is 541 g/mol. The van der Waals surface area contributed by atoms with Crippen LogP contribution in [0, 0.1) is 0 Å². The van der Waals surface area contributed by atoms with Crippen molar-refractivity contribution in [3.8, 4) is 0 Å². The Kier molecular flexibility index (Phi) is 9.14. The first-order chi connectivity index (χ1) is 14.4. The van der Waals surface area contributed by atoms with E-state index in [1.54, 1.807) is 14.0 Å². The fraction of sp³-hybridized carbons (Fsp3) is 0.609. The molecule has 31 heavy (non-hydrogen) atoms. The molecule has 0 radical (unpaired) electrons. The highest BCUT2D eigenvalue weighted by Gasteiger charge is 2.45. The summed E-state index contributed by atoms with van der Waals surface area (Å²) in [5, 5.41) is 9.51. The Labute approximate surface area is 202 Å². The number of carbonyl (C=O) groups excluding carboxylic acids is 2. The molecule has 1 heterocycles. The molecule has 2 aliphatic rings. The van der Waals surface area contributed by atoms with Gasteiger partial charge in [-0.2, -0.15) is 0 Å². The number of amides is 3. The van der Waals surface area contributed by atoms with Crippen LogP contribution in [0.3, 0.4) is 0 Å². The van der Waals surface area contributed by atoms with Crippen molar-refractivity contribution in [2.45, 2.75) is 70.9 Å². The molecule has 3 amide bonds. The third-order valence-corrected chi connectivity index (χ3v) is 6.35. The van der Waals surface area contributed by atoms with Gasteiger partial charge in [0.1, 0.15) is 5.54 Å². The van der Waals surface area contributed by atoms with Gasteiger partial charge in [0.05, 0.1) is 6.04 Å². The normalized spacial score (nSPS) is 21.8. The van der Waals surface area contributed by atoms with E-state index in [1.807, 2.05) is 6.92 Å². The summed E-state index contributed by atoms with van der Waals surface area (Å²) in [6.45, 7) is 6.83. The average molecular weight is 541 g/mol. The number of hydrogen-bond acceptors (Lipinski definition) is 3. The Morgan fingerprint density at radius 2 is 1.97 bits per heavy atom. The topological polar surface area (TPSA) is 85.8 Å². The molecule has 1 aliphatic heterocycles. The number of guanidine groups is 1. The largest absolute Gasteiger partial charge is 0.356 e. The third kappa shape index (κ3) is 5.90. The number of aliphatic imine (C=N–C) groups is 1. The summed E-state index contributed by atoms with van der Waals surface area (Å²) in [5.74, 6) is 0.578. The molecule has 1 aromatic rings. The molecule has 172 valence electrons. The molecule has 7 nitrogen and oxygen atoms in total. The molecule has 3 rings (SSSR count). The maximum atomic E-state index is 12.4. The summed E-state index contributed by atoms with van der Waals surface area (Å²) in [5.41, 5.74) is 3.45. The molecule has 2 unspecified atom stereocenters. The number of rotatable bonds is 7. The Hall–Kier alpha value is -1.84. The average Bonchev–Trinajstić information content (AvgIpc) is 2.98. The molecule has 1 aliphatic carbocycles. The van der Waals surface area contributed by atoms with Gasteiger partial charge in [-0.1, -0.05) is 25.1 Å². The molecular weight excluding hydrogens is 505 g/mol. The highest BCUT2D eigenvalue weighted by atomic mass is 127. The lowest BCUT2D eigenvalue weighted by molar-refractivity contribution is -0.130. The van der Waals surface area contributed by atoms with Crippen LogP contribution in [0.5, 0.6) is 0 Å². The Balaban J connectivity index is 0.00000341. The molecule has 1 aromatic carbocycles. The van der Waals surface area contributed by atoms with Gasteiger partial charge in [-0.15, -0.1) is 24.0 Å². The fourth-order valence-corrected chi connectivity index (χ4v) is 4.14. The maximum absolute atomic E-state index is 12.4. The molecule has 1 saturated heterocycles. The highest BCUT2D eigenvalue weighted by Crippen LogP contribution is 2.25. The van der Waals surface area contributed by atoms with Gasteiger partial charge in [0.25, 0.3) is 5.91 Å². The number of fused-ring (bicyclic) bond motifs is 1. The minimum Gasteiger partial charge on any atom is -0.356 e. The van der Waals surface area contributed by atoms with E-state index in [0.717, 1.165) is 5.96 Å². The zero-order valence-electron chi connectivity index (χ0n) is 19.1. The molecule has 2 atom stereocenters. The van der Waals surface area contributed by atoms with Crippen molar-refractivity contribution in [2.75, 3.05) is 20.1 Å². The molecule has 1 fully saturated rings. The Bertz CT molecular complexity index is 828. The van der Waals surface area contributed by atoms with E-state index in [-0.39, 0.29) is 42.0 Å². The predicted molar refractivity (Wildman–Crippen MR) is 135 cm³/mol. The van der Waals surface area contributed by atoms with Crippen molar-refractivity contribution in [2.24, 2.45) is 4.99 Å². The molecule has 3 N–H and O–H groups in total. The highest BCUT2D eigenvalue weighted by molar-refractivity contribution is 14.0. The number of nitrogens with zero attached hydrogens (tertiary/aromatic N) is 2. The van der Waals surface area contributed by atoms with Crippen LogP contribution in [0.1, 0.15) is 69.2 Å². The predicted octanol–water partition coefficient (Wildman–Crippen LogP) is 3.52. The van der Waals surface area contributed by atoms with Crippen LogP contribution in [0.25, 0.3) is 0 Å². The summed E-state index contributed by atoms with van der Waals surface area (Å²) < 4.78 is 0. The van der Waals surface area contributed by atoms with Gasteiger partial charge in [0.2, 0.25) is 0 Å².